The Bertz CT molecular complexity index is 1040. The number of aryl methyl sites for hydroxylation is 1. The topological polar surface area (TPSA) is 64.2 Å². The molecule has 2 aliphatic heterocycles. The SMILES string of the molecule is Cc1csc(-c2ccc3c(c2)c(C(N)=O)nn3C2CC3CCCC(C2)N3C)c1. The number of rotatable bonds is 3. The molecule has 2 saturated heterocycles. The average molecular weight is 395 g/mol. The Morgan fingerprint density at radius 2 is 1.93 bits per heavy atom. The maximum Gasteiger partial charge on any atom is 0.269 e. The lowest BCUT2D eigenvalue weighted by Gasteiger charge is -2.47. The molecule has 146 valence electrons. The number of primary amides is 1. The van der Waals surface area contributed by atoms with E-state index in [1.807, 2.05) is 0 Å². The minimum atomic E-state index is -0.448. The fraction of sp³-hybridized carbons (Fsp3) is 0.455. The van der Waals surface area contributed by atoms with Crippen LogP contribution in [0.15, 0.2) is 29.6 Å². The van der Waals surface area contributed by atoms with Crippen LogP contribution in [-0.2, 0) is 0 Å². The highest BCUT2D eigenvalue weighted by Gasteiger charge is 2.37. The molecule has 2 atom stereocenters. The molecule has 2 aromatic heterocycles. The van der Waals surface area contributed by atoms with Crippen molar-refractivity contribution in [1.82, 2.24) is 14.7 Å². The van der Waals surface area contributed by atoms with Crippen LogP contribution in [0.2, 0.25) is 0 Å². The fourth-order valence-electron chi connectivity index (χ4n) is 5.12. The highest BCUT2D eigenvalue weighted by Crippen LogP contribution is 2.40. The van der Waals surface area contributed by atoms with Crippen LogP contribution in [0.25, 0.3) is 21.3 Å². The number of aromatic nitrogens is 2. The maximum atomic E-state index is 12.2. The van der Waals surface area contributed by atoms with Gasteiger partial charge in [0.05, 0.1) is 11.6 Å². The Morgan fingerprint density at radius 1 is 1.18 bits per heavy atom. The maximum absolute atomic E-state index is 12.2. The number of hydrogen-bond acceptors (Lipinski definition) is 4. The van der Waals surface area contributed by atoms with Crippen LogP contribution in [0.5, 0.6) is 0 Å². The Hall–Kier alpha value is -2.18. The number of thiophene rings is 1. The summed E-state index contributed by atoms with van der Waals surface area (Å²) in [7, 11) is 2.26. The Kier molecular flexibility index (Phi) is 4.29. The van der Waals surface area contributed by atoms with Gasteiger partial charge in [0.15, 0.2) is 5.69 Å². The molecular formula is C22H26N4OS. The lowest BCUT2D eigenvalue weighted by atomic mass is 9.82. The van der Waals surface area contributed by atoms with Gasteiger partial charge in [-0.3, -0.25) is 9.48 Å². The van der Waals surface area contributed by atoms with Gasteiger partial charge in [0.1, 0.15) is 0 Å². The van der Waals surface area contributed by atoms with Gasteiger partial charge < -0.3 is 10.6 Å². The molecule has 2 N–H and O–H groups in total. The normalized spacial score (nSPS) is 25.3. The van der Waals surface area contributed by atoms with Crippen molar-refractivity contribution in [3.8, 4) is 10.4 Å². The number of nitrogens with two attached hydrogens (primary N) is 1. The molecule has 5 nitrogen and oxygen atoms in total. The number of carbonyl (C=O) groups is 1. The first kappa shape index (κ1) is 17.9. The standard InChI is InChI=1S/C22H26N4OS/c1-13-8-20(28-12-13)14-6-7-19-18(9-14)21(22(23)27)24-26(19)17-10-15-4-3-5-16(11-17)25(15)2/h6-9,12,15-17H,3-5,10-11H2,1-2H3,(H2,23,27). The summed E-state index contributed by atoms with van der Waals surface area (Å²) in [6.07, 6.45) is 6.02. The molecule has 6 heteroatoms. The van der Waals surface area contributed by atoms with Crippen molar-refractivity contribution in [1.29, 1.82) is 0 Å². The zero-order valence-electron chi connectivity index (χ0n) is 16.4. The molecule has 28 heavy (non-hydrogen) atoms. The van der Waals surface area contributed by atoms with Gasteiger partial charge in [-0.2, -0.15) is 5.10 Å². The second kappa shape index (κ2) is 6.71. The summed E-state index contributed by atoms with van der Waals surface area (Å²) >= 11 is 1.72. The lowest BCUT2D eigenvalue weighted by molar-refractivity contribution is 0.0379. The minimum absolute atomic E-state index is 0.330. The third kappa shape index (κ3) is 2.86. The summed E-state index contributed by atoms with van der Waals surface area (Å²) in [5.41, 5.74) is 9.50. The van der Waals surface area contributed by atoms with Crippen LogP contribution in [-0.4, -0.2) is 39.7 Å². The average Bonchev–Trinajstić information content (AvgIpc) is 3.25. The molecule has 1 amide bonds. The third-order valence-corrected chi connectivity index (χ3v) is 7.71. The molecule has 2 fully saturated rings. The van der Waals surface area contributed by atoms with Crippen molar-refractivity contribution in [2.24, 2.45) is 5.73 Å². The van der Waals surface area contributed by atoms with Gasteiger partial charge in [-0.25, -0.2) is 0 Å². The minimum Gasteiger partial charge on any atom is -0.364 e. The van der Waals surface area contributed by atoms with Gasteiger partial charge in [0.25, 0.3) is 5.91 Å². The van der Waals surface area contributed by atoms with E-state index in [0.717, 1.165) is 29.3 Å². The van der Waals surface area contributed by atoms with E-state index in [4.69, 9.17) is 10.8 Å². The van der Waals surface area contributed by atoms with Crippen LogP contribution in [0.3, 0.4) is 0 Å². The number of benzene rings is 1. The van der Waals surface area contributed by atoms with Gasteiger partial charge in [0, 0.05) is 22.3 Å². The zero-order chi connectivity index (χ0) is 19.4. The first-order valence-electron chi connectivity index (χ1n) is 10.1. The van der Waals surface area contributed by atoms with E-state index < -0.39 is 5.91 Å². The fourth-order valence-corrected chi connectivity index (χ4v) is 6.02. The van der Waals surface area contributed by atoms with Gasteiger partial charge in [-0.15, -0.1) is 11.3 Å². The van der Waals surface area contributed by atoms with E-state index in [1.54, 1.807) is 11.3 Å². The zero-order valence-corrected chi connectivity index (χ0v) is 17.2. The second-order valence-electron chi connectivity index (χ2n) is 8.41. The summed E-state index contributed by atoms with van der Waals surface area (Å²) < 4.78 is 2.09. The van der Waals surface area contributed by atoms with E-state index in [9.17, 15) is 4.79 Å². The summed E-state index contributed by atoms with van der Waals surface area (Å²) in [6.45, 7) is 2.10. The number of piperidine rings is 2. The molecule has 5 rings (SSSR count). The molecule has 2 aliphatic rings. The van der Waals surface area contributed by atoms with E-state index in [2.05, 4.69) is 53.2 Å². The van der Waals surface area contributed by atoms with Crippen molar-refractivity contribution in [2.75, 3.05) is 7.05 Å². The summed E-state index contributed by atoms with van der Waals surface area (Å²) in [5, 5.41) is 7.76. The first-order valence-corrected chi connectivity index (χ1v) is 11.0. The molecule has 3 aromatic rings. The highest BCUT2D eigenvalue weighted by atomic mass is 32.1. The predicted molar refractivity (Wildman–Crippen MR) is 114 cm³/mol. The largest absolute Gasteiger partial charge is 0.364 e. The molecule has 1 aromatic carbocycles. The second-order valence-corrected chi connectivity index (χ2v) is 9.32. The third-order valence-electron chi connectivity index (χ3n) is 6.62. The number of hydrogen-bond donors (Lipinski definition) is 1. The lowest BCUT2D eigenvalue weighted by Crippen LogP contribution is -2.50. The monoisotopic (exact) mass is 394 g/mol. The smallest absolute Gasteiger partial charge is 0.269 e. The summed E-state index contributed by atoms with van der Waals surface area (Å²) in [4.78, 5) is 15.9. The predicted octanol–water partition coefficient (Wildman–Crippen LogP) is 4.36. The molecule has 0 spiro atoms. The van der Waals surface area contributed by atoms with Gasteiger partial charge in [-0.1, -0.05) is 12.5 Å². The van der Waals surface area contributed by atoms with Crippen LogP contribution < -0.4 is 5.73 Å². The van der Waals surface area contributed by atoms with Gasteiger partial charge >= 0.3 is 0 Å². The van der Waals surface area contributed by atoms with Gasteiger partial charge in [0.2, 0.25) is 0 Å². The van der Waals surface area contributed by atoms with E-state index in [1.165, 1.54) is 29.7 Å². The molecule has 0 saturated carbocycles. The molecule has 0 aliphatic carbocycles. The quantitative estimate of drug-likeness (QED) is 0.718. The van der Waals surface area contributed by atoms with Crippen LogP contribution in [0, 0.1) is 6.92 Å². The van der Waals surface area contributed by atoms with Crippen LogP contribution in [0.4, 0.5) is 0 Å². The molecule has 2 unspecified atom stereocenters. The van der Waals surface area contributed by atoms with Crippen molar-refractivity contribution in [2.45, 2.75) is 57.2 Å². The van der Waals surface area contributed by atoms with Crippen molar-refractivity contribution < 1.29 is 4.79 Å². The molecule has 2 bridgehead atoms. The number of nitrogens with zero attached hydrogens (tertiary/aromatic N) is 3. The van der Waals surface area contributed by atoms with E-state index >= 15 is 0 Å². The molecular weight excluding hydrogens is 368 g/mol. The Labute approximate surface area is 169 Å². The number of carbonyl (C=O) groups excluding carboxylic acids is 1. The first-order chi connectivity index (χ1) is 13.5. The Balaban J connectivity index is 1.59. The number of fused-ring (bicyclic) bond motifs is 3. The van der Waals surface area contributed by atoms with Crippen LogP contribution >= 0.6 is 11.3 Å². The van der Waals surface area contributed by atoms with Crippen molar-refractivity contribution in [3.05, 3.63) is 40.9 Å². The molecule has 0 radical (unpaired) electrons. The Morgan fingerprint density at radius 3 is 2.57 bits per heavy atom. The van der Waals surface area contributed by atoms with Crippen LogP contribution in [0.1, 0.15) is 54.2 Å². The van der Waals surface area contributed by atoms with E-state index in [-0.39, 0.29) is 0 Å². The molecule has 4 heterocycles. The highest BCUT2D eigenvalue weighted by molar-refractivity contribution is 7.13. The summed E-state index contributed by atoms with van der Waals surface area (Å²) in [6, 6.07) is 10.1. The van der Waals surface area contributed by atoms with Crippen molar-refractivity contribution >= 4 is 28.1 Å². The summed E-state index contributed by atoms with van der Waals surface area (Å²) in [5.74, 6) is -0.448. The van der Waals surface area contributed by atoms with E-state index in [0.29, 0.717) is 23.8 Å². The number of amides is 1. The van der Waals surface area contributed by atoms with Gasteiger partial charge in [-0.05, 0) is 74.4 Å². The van der Waals surface area contributed by atoms with Crippen molar-refractivity contribution in [3.63, 3.8) is 0 Å².